The topological polar surface area (TPSA) is 147 Å². The largest absolute Gasteiger partial charge is 0.458 e. The highest BCUT2D eigenvalue weighted by molar-refractivity contribution is 7.09. The zero-order valence-electron chi connectivity index (χ0n) is 18.7. The Kier molecular flexibility index (Phi) is 7.10. The number of aromatic nitrogens is 2. The van der Waals surface area contributed by atoms with Gasteiger partial charge in [-0.1, -0.05) is 0 Å². The molecule has 31 heavy (non-hydrogen) atoms. The van der Waals surface area contributed by atoms with E-state index in [0.29, 0.717) is 10.7 Å². The summed E-state index contributed by atoms with van der Waals surface area (Å²) in [4.78, 5) is 44.8. The number of nitrogens with zero attached hydrogens (tertiary/aromatic N) is 2. The predicted molar refractivity (Wildman–Crippen MR) is 114 cm³/mol. The minimum Gasteiger partial charge on any atom is -0.458 e. The molecule has 0 fully saturated rings. The van der Waals surface area contributed by atoms with Crippen LogP contribution in [0.3, 0.4) is 0 Å². The molecule has 2 amide bonds. The summed E-state index contributed by atoms with van der Waals surface area (Å²) in [5.74, 6) is -0.884. The Morgan fingerprint density at radius 2 is 1.74 bits per heavy atom. The summed E-state index contributed by atoms with van der Waals surface area (Å²) in [6.45, 7) is 11.9. The normalized spacial score (nSPS) is 12.9. The third kappa shape index (κ3) is 7.35. The van der Waals surface area contributed by atoms with Gasteiger partial charge in [0.05, 0.1) is 5.01 Å². The molecule has 0 saturated heterocycles. The zero-order chi connectivity index (χ0) is 23.6. The van der Waals surface area contributed by atoms with Gasteiger partial charge in [-0.2, -0.15) is 0 Å². The Morgan fingerprint density at radius 3 is 2.26 bits per heavy atom. The lowest BCUT2D eigenvalue weighted by Gasteiger charge is -2.25. The molecule has 0 aliphatic rings. The van der Waals surface area contributed by atoms with Crippen LogP contribution in [0.25, 0.3) is 11.6 Å². The molecule has 2 aromatic heterocycles. The number of carbonyl (C=O) groups excluding carboxylic acids is 3. The van der Waals surface area contributed by atoms with Crippen LogP contribution in [0, 0.1) is 6.92 Å². The van der Waals surface area contributed by atoms with Gasteiger partial charge in [-0.15, -0.1) is 11.3 Å². The van der Waals surface area contributed by atoms with E-state index in [1.807, 2.05) is 0 Å². The van der Waals surface area contributed by atoms with E-state index in [1.165, 1.54) is 11.3 Å². The molecule has 3 N–H and O–H groups in total. The minimum absolute atomic E-state index is 0.0303. The van der Waals surface area contributed by atoms with Crippen LogP contribution >= 0.6 is 11.3 Å². The molecule has 0 radical (unpaired) electrons. The first-order chi connectivity index (χ1) is 14.1. The SMILES string of the molecule is Cc1oc(-c2csc(C[C@H](NC(=O)OC(C)(C)C)C(=O)OC(C)(C)C)n2)nc1C(N)=O. The second kappa shape index (κ2) is 9.04. The molecule has 0 unspecified atom stereocenters. The number of alkyl carbamates (subject to hydrolysis) is 1. The van der Waals surface area contributed by atoms with Crippen molar-refractivity contribution in [3.8, 4) is 11.6 Å². The highest BCUT2D eigenvalue weighted by atomic mass is 32.1. The van der Waals surface area contributed by atoms with E-state index < -0.39 is 35.2 Å². The molecule has 0 bridgehead atoms. The summed E-state index contributed by atoms with van der Waals surface area (Å²) < 4.78 is 16.1. The lowest BCUT2D eigenvalue weighted by molar-refractivity contribution is -0.157. The van der Waals surface area contributed by atoms with Crippen LogP contribution in [-0.4, -0.2) is 45.2 Å². The second-order valence-electron chi connectivity index (χ2n) is 8.85. The maximum Gasteiger partial charge on any atom is 0.408 e. The molecule has 11 heteroatoms. The first kappa shape index (κ1) is 24.3. The van der Waals surface area contributed by atoms with Crippen LogP contribution in [0.4, 0.5) is 4.79 Å². The third-order valence-corrected chi connectivity index (χ3v) is 4.43. The standard InChI is InChI=1S/C20H28N4O6S/c1-10-14(15(21)25)24-16(28-10)12-9-31-13(22-12)8-11(17(26)29-19(2,3)4)23-18(27)30-20(5,6)7/h9,11H,8H2,1-7H3,(H2,21,25)(H,23,27)/t11-/m0/s1. The number of hydrogen-bond donors (Lipinski definition) is 2. The number of rotatable bonds is 6. The summed E-state index contributed by atoms with van der Waals surface area (Å²) in [6.07, 6.45) is -0.671. The van der Waals surface area contributed by atoms with Gasteiger partial charge in [0.2, 0.25) is 5.89 Å². The average molecular weight is 453 g/mol. The number of thiazole rings is 1. The van der Waals surface area contributed by atoms with Crippen LogP contribution in [0.2, 0.25) is 0 Å². The van der Waals surface area contributed by atoms with E-state index in [2.05, 4.69) is 15.3 Å². The van der Waals surface area contributed by atoms with E-state index in [9.17, 15) is 14.4 Å². The van der Waals surface area contributed by atoms with Crippen molar-refractivity contribution in [2.75, 3.05) is 0 Å². The predicted octanol–water partition coefficient (Wildman–Crippen LogP) is 2.98. The van der Waals surface area contributed by atoms with Gasteiger partial charge in [-0.05, 0) is 48.5 Å². The van der Waals surface area contributed by atoms with Gasteiger partial charge >= 0.3 is 12.1 Å². The minimum atomic E-state index is -1.01. The fraction of sp³-hybridized carbons (Fsp3) is 0.550. The van der Waals surface area contributed by atoms with Crippen molar-refractivity contribution in [1.82, 2.24) is 15.3 Å². The summed E-state index contributed by atoms with van der Waals surface area (Å²) in [7, 11) is 0. The van der Waals surface area contributed by atoms with Gasteiger partial charge in [-0.3, -0.25) is 4.79 Å². The fourth-order valence-corrected chi connectivity index (χ4v) is 3.24. The van der Waals surface area contributed by atoms with Crippen molar-refractivity contribution < 1.29 is 28.3 Å². The van der Waals surface area contributed by atoms with Gasteiger partial charge in [0.25, 0.3) is 5.91 Å². The molecule has 0 aliphatic carbocycles. The zero-order valence-corrected chi connectivity index (χ0v) is 19.5. The molecule has 1 atom stereocenters. The third-order valence-electron chi connectivity index (χ3n) is 3.56. The lowest BCUT2D eigenvalue weighted by atomic mass is 10.1. The highest BCUT2D eigenvalue weighted by Gasteiger charge is 2.30. The second-order valence-corrected chi connectivity index (χ2v) is 9.79. The van der Waals surface area contributed by atoms with Crippen LogP contribution < -0.4 is 11.1 Å². The number of nitrogens with one attached hydrogen (secondary N) is 1. The Bertz CT molecular complexity index is 967. The molecular weight excluding hydrogens is 424 g/mol. The monoisotopic (exact) mass is 452 g/mol. The van der Waals surface area contributed by atoms with E-state index >= 15 is 0 Å². The fourth-order valence-electron chi connectivity index (χ4n) is 2.43. The molecule has 2 heterocycles. The number of nitrogens with two attached hydrogens (primary N) is 1. The van der Waals surface area contributed by atoms with Gasteiger partial charge < -0.3 is 24.9 Å². The Balaban J connectivity index is 2.22. The molecule has 170 valence electrons. The van der Waals surface area contributed by atoms with Crippen LogP contribution in [0.15, 0.2) is 9.80 Å². The summed E-state index contributed by atoms with van der Waals surface area (Å²) >= 11 is 1.24. The van der Waals surface area contributed by atoms with Crippen molar-refractivity contribution in [1.29, 1.82) is 0 Å². The molecule has 0 spiro atoms. The number of ether oxygens (including phenoxy) is 2. The summed E-state index contributed by atoms with van der Waals surface area (Å²) in [5, 5.41) is 4.75. The number of aryl methyl sites for hydroxylation is 1. The molecule has 0 aromatic carbocycles. The maximum absolute atomic E-state index is 12.7. The summed E-state index contributed by atoms with van der Waals surface area (Å²) in [5.41, 5.74) is 4.22. The van der Waals surface area contributed by atoms with E-state index in [4.69, 9.17) is 19.6 Å². The average Bonchev–Trinajstić information content (AvgIpc) is 3.17. The van der Waals surface area contributed by atoms with Crippen LogP contribution in [-0.2, 0) is 20.7 Å². The van der Waals surface area contributed by atoms with E-state index in [-0.39, 0.29) is 23.8 Å². The van der Waals surface area contributed by atoms with E-state index in [1.54, 1.807) is 53.8 Å². The van der Waals surface area contributed by atoms with Crippen molar-refractivity contribution in [2.24, 2.45) is 5.73 Å². The molecule has 2 rings (SSSR count). The van der Waals surface area contributed by atoms with Crippen molar-refractivity contribution in [2.45, 2.75) is 72.1 Å². The Labute approximate surface area is 184 Å². The molecule has 0 saturated carbocycles. The molecular formula is C20H28N4O6S. The Hall–Kier alpha value is -2.95. The van der Waals surface area contributed by atoms with Crippen molar-refractivity contribution in [3.63, 3.8) is 0 Å². The lowest BCUT2D eigenvalue weighted by Crippen LogP contribution is -2.47. The van der Waals surface area contributed by atoms with Gasteiger partial charge in [0.15, 0.2) is 5.69 Å². The number of esters is 1. The first-order valence-electron chi connectivity index (χ1n) is 9.59. The number of amides is 2. The number of hydrogen-bond acceptors (Lipinski definition) is 9. The quantitative estimate of drug-likeness (QED) is 0.636. The van der Waals surface area contributed by atoms with Gasteiger partial charge in [-0.25, -0.2) is 19.6 Å². The van der Waals surface area contributed by atoms with Crippen LogP contribution in [0.1, 0.15) is 62.8 Å². The molecule has 2 aromatic rings. The van der Waals surface area contributed by atoms with Crippen LogP contribution in [0.5, 0.6) is 0 Å². The Morgan fingerprint density at radius 1 is 1.13 bits per heavy atom. The smallest absolute Gasteiger partial charge is 0.408 e. The number of oxazole rings is 1. The summed E-state index contributed by atoms with van der Waals surface area (Å²) in [6, 6.07) is -1.01. The van der Waals surface area contributed by atoms with Gasteiger partial charge in [0.1, 0.15) is 28.7 Å². The molecule has 10 nitrogen and oxygen atoms in total. The van der Waals surface area contributed by atoms with E-state index in [0.717, 1.165) is 0 Å². The number of carbonyl (C=O) groups is 3. The van der Waals surface area contributed by atoms with Gasteiger partial charge in [0, 0.05) is 11.8 Å². The number of primary amides is 1. The highest BCUT2D eigenvalue weighted by Crippen LogP contribution is 2.24. The van der Waals surface area contributed by atoms with Crippen molar-refractivity contribution in [3.05, 3.63) is 21.8 Å². The maximum atomic E-state index is 12.7. The molecule has 0 aliphatic heterocycles. The van der Waals surface area contributed by atoms with Crippen molar-refractivity contribution >= 4 is 29.3 Å². The first-order valence-corrected chi connectivity index (χ1v) is 10.5.